The highest BCUT2D eigenvalue weighted by atomic mass is 16.5. The van der Waals surface area contributed by atoms with E-state index in [4.69, 9.17) is 4.74 Å². The number of amides is 1. The second-order valence-electron chi connectivity index (χ2n) is 6.49. The lowest BCUT2D eigenvalue weighted by molar-refractivity contribution is -0.134. The number of hydrogen-bond acceptors (Lipinski definition) is 2. The van der Waals surface area contributed by atoms with Crippen LogP contribution in [0.3, 0.4) is 0 Å². The summed E-state index contributed by atoms with van der Waals surface area (Å²) in [4.78, 5) is 14.0. The summed E-state index contributed by atoms with van der Waals surface area (Å²) < 4.78 is 5.87. The van der Waals surface area contributed by atoms with Crippen molar-refractivity contribution in [2.75, 3.05) is 13.1 Å². The molecule has 0 radical (unpaired) electrons. The van der Waals surface area contributed by atoms with Crippen LogP contribution >= 0.6 is 0 Å². The van der Waals surface area contributed by atoms with Crippen molar-refractivity contribution >= 4 is 12.0 Å². The molecule has 0 aliphatic carbocycles. The number of hydrogen-bond donors (Lipinski definition) is 0. The fourth-order valence-electron chi connectivity index (χ4n) is 2.70. The molecule has 1 aromatic rings. The molecular weight excluding hydrogens is 274 g/mol. The smallest absolute Gasteiger partial charge is 0.225 e. The molecule has 0 aromatic heterocycles. The molecule has 0 bridgehead atoms. The van der Waals surface area contributed by atoms with Crippen LogP contribution in [0.5, 0.6) is 5.75 Å². The van der Waals surface area contributed by atoms with Crippen LogP contribution in [0, 0.1) is 5.92 Å². The van der Waals surface area contributed by atoms with E-state index in [9.17, 15) is 4.79 Å². The molecule has 1 saturated heterocycles. The first-order chi connectivity index (χ1) is 10.5. The van der Waals surface area contributed by atoms with Crippen LogP contribution in [-0.4, -0.2) is 30.0 Å². The van der Waals surface area contributed by atoms with Crippen molar-refractivity contribution in [1.29, 1.82) is 0 Å². The number of rotatable bonds is 4. The number of carbonyl (C=O) groups excluding carboxylic acids is 1. The predicted molar refractivity (Wildman–Crippen MR) is 90.8 cm³/mol. The van der Waals surface area contributed by atoms with Gasteiger partial charge in [0.05, 0.1) is 6.10 Å². The second kappa shape index (κ2) is 7.48. The fourth-order valence-corrected chi connectivity index (χ4v) is 2.70. The number of para-hydroxylation sites is 1. The molecule has 0 atom stereocenters. The van der Waals surface area contributed by atoms with Gasteiger partial charge in [-0.3, -0.25) is 4.79 Å². The van der Waals surface area contributed by atoms with Gasteiger partial charge in [0.25, 0.3) is 0 Å². The lowest BCUT2D eigenvalue weighted by Crippen LogP contribution is -2.38. The van der Waals surface area contributed by atoms with E-state index in [1.54, 1.807) is 0 Å². The van der Waals surface area contributed by atoms with Gasteiger partial charge < -0.3 is 9.64 Å². The Morgan fingerprint density at radius 3 is 2.36 bits per heavy atom. The van der Waals surface area contributed by atoms with Crippen molar-refractivity contribution < 1.29 is 9.53 Å². The van der Waals surface area contributed by atoms with Gasteiger partial charge in [-0.1, -0.05) is 43.7 Å². The van der Waals surface area contributed by atoms with E-state index in [0.29, 0.717) is 0 Å². The third kappa shape index (κ3) is 4.36. The third-order valence-corrected chi connectivity index (χ3v) is 3.85. The lowest BCUT2D eigenvalue weighted by atomic mass is 9.99. The molecular formula is C19H27NO2. The molecule has 0 saturated carbocycles. The molecule has 3 nitrogen and oxygen atoms in total. The van der Waals surface area contributed by atoms with Gasteiger partial charge in [-0.25, -0.2) is 0 Å². The number of carbonyl (C=O) groups is 1. The van der Waals surface area contributed by atoms with Crippen molar-refractivity contribution in [2.24, 2.45) is 5.92 Å². The standard InChI is InChI=1S/C19H27NO2/c1-14(2)19(21)20-11-9-16(10-12-20)13-17-7-5-6-8-18(17)22-15(3)4/h5-8,13-15H,9-12H2,1-4H3. The van der Waals surface area contributed by atoms with Gasteiger partial charge in [0.2, 0.25) is 5.91 Å². The SMILES string of the molecule is CC(C)Oc1ccccc1C=C1CCN(C(=O)C(C)C)CC1. The van der Waals surface area contributed by atoms with E-state index >= 15 is 0 Å². The van der Waals surface area contributed by atoms with Gasteiger partial charge >= 0.3 is 0 Å². The monoisotopic (exact) mass is 301 g/mol. The van der Waals surface area contributed by atoms with Gasteiger partial charge in [0.1, 0.15) is 5.75 Å². The number of benzene rings is 1. The average Bonchev–Trinajstić information content (AvgIpc) is 2.48. The van der Waals surface area contributed by atoms with Gasteiger partial charge in [-0.15, -0.1) is 0 Å². The van der Waals surface area contributed by atoms with Gasteiger partial charge in [0, 0.05) is 24.6 Å². The Kier molecular flexibility index (Phi) is 5.64. The number of ether oxygens (including phenoxy) is 1. The maximum absolute atomic E-state index is 12.0. The molecule has 1 aliphatic rings. The Bertz CT molecular complexity index is 536. The first-order valence-electron chi connectivity index (χ1n) is 8.21. The van der Waals surface area contributed by atoms with E-state index in [1.165, 1.54) is 5.57 Å². The van der Waals surface area contributed by atoms with Gasteiger partial charge in [0.15, 0.2) is 0 Å². The molecule has 1 aromatic carbocycles. The molecule has 1 fully saturated rings. The Morgan fingerprint density at radius 2 is 1.77 bits per heavy atom. The zero-order chi connectivity index (χ0) is 16.1. The predicted octanol–water partition coefficient (Wildman–Crippen LogP) is 4.14. The molecule has 3 heteroatoms. The summed E-state index contributed by atoms with van der Waals surface area (Å²) in [5, 5.41) is 0. The van der Waals surface area contributed by atoms with Crippen LogP contribution in [0.4, 0.5) is 0 Å². The Balaban J connectivity index is 2.05. The van der Waals surface area contributed by atoms with Crippen LogP contribution in [0.2, 0.25) is 0 Å². The van der Waals surface area contributed by atoms with Crippen molar-refractivity contribution in [1.82, 2.24) is 4.90 Å². The maximum atomic E-state index is 12.0. The molecule has 120 valence electrons. The van der Waals surface area contributed by atoms with Crippen molar-refractivity contribution in [3.63, 3.8) is 0 Å². The summed E-state index contributed by atoms with van der Waals surface area (Å²) in [7, 11) is 0. The molecule has 0 unspecified atom stereocenters. The first kappa shape index (κ1) is 16.6. The van der Waals surface area contributed by atoms with Crippen molar-refractivity contribution in [3.8, 4) is 5.75 Å². The number of likely N-dealkylation sites (tertiary alicyclic amines) is 1. The lowest BCUT2D eigenvalue weighted by Gasteiger charge is -2.30. The highest BCUT2D eigenvalue weighted by molar-refractivity contribution is 5.78. The van der Waals surface area contributed by atoms with E-state index < -0.39 is 0 Å². The molecule has 0 spiro atoms. The summed E-state index contributed by atoms with van der Waals surface area (Å²) in [6.07, 6.45) is 4.31. The quantitative estimate of drug-likeness (QED) is 0.836. The number of piperidine rings is 1. The van der Waals surface area contributed by atoms with Crippen molar-refractivity contribution in [2.45, 2.75) is 46.6 Å². The molecule has 22 heavy (non-hydrogen) atoms. The zero-order valence-electron chi connectivity index (χ0n) is 14.1. The minimum atomic E-state index is 0.0886. The normalized spacial score (nSPS) is 15.4. The summed E-state index contributed by atoms with van der Waals surface area (Å²) in [6, 6.07) is 8.15. The summed E-state index contributed by atoms with van der Waals surface area (Å²) in [6.45, 7) is 9.67. The van der Waals surface area contributed by atoms with Crippen LogP contribution in [0.1, 0.15) is 46.1 Å². The topological polar surface area (TPSA) is 29.5 Å². The maximum Gasteiger partial charge on any atom is 0.225 e. The minimum absolute atomic E-state index is 0.0886. The van der Waals surface area contributed by atoms with Crippen LogP contribution in [-0.2, 0) is 4.79 Å². The Hall–Kier alpha value is -1.77. The molecule has 1 aliphatic heterocycles. The molecule has 2 rings (SSSR count). The second-order valence-corrected chi connectivity index (χ2v) is 6.49. The first-order valence-corrected chi connectivity index (χ1v) is 8.21. The van der Waals surface area contributed by atoms with E-state index in [1.807, 2.05) is 50.8 Å². The molecule has 1 heterocycles. The van der Waals surface area contributed by atoms with Crippen LogP contribution in [0.25, 0.3) is 6.08 Å². The number of nitrogens with zero attached hydrogens (tertiary/aromatic N) is 1. The summed E-state index contributed by atoms with van der Waals surface area (Å²) in [5.74, 6) is 1.29. The Morgan fingerprint density at radius 1 is 1.14 bits per heavy atom. The molecule has 0 N–H and O–H groups in total. The van der Waals surface area contributed by atoms with Crippen LogP contribution in [0.15, 0.2) is 29.8 Å². The van der Waals surface area contributed by atoms with E-state index in [2.05, 4.69) is 12.1 Å². The summed E-state index contributed by atoms with van der Waals surface area (Å²) in [5.41, 5.74) is 2.53. The van der Waals surface area contributed by atoms with Crippen molar-refractivity contribution in [3.05, 3.63) is 35.4 Å². The fraction of sp³-hybridized carbons (Fsp3) is 0.526. The zero-order valence-corrected chi connectivity index (χ0v) is 14.1. The molecule has 1 amide bonds. The van der Waals surface area contributed by atoms with E-state index in [-0.39, 0.29) is 17.9 Å². The Labute approximate surface area is 134 Å². The highest BCUT2D eigenvalue weighted by Gasteiger charge is 2.21. The summed E-state index contributed by atoms with van der Waals surface area (Å²) >= 11 is 0. The largest absolute Gasteiger partial charge is 0.490 e. The minimum Gasteiger partial charge on any atom is -0.490 e. The average molecular weight is 301 g/mol. The highest BCUT2D eigenvalue weighted by Crippen LogP contribution is 2.26. The third-order valence-electron chi connectivity index (χ3n) is 3.85. The van der Waals surface area contributed by atoms with Gasteiger partial charge in [-0.05, 0) is 32.8 Å². The van der Waals surface area contributed by atoms with Gasteiger partial charge in [-0.2, -0.15) is 0 Å². The van der Waals surface area contributed by atoms with E-state index in [0.717, 1.165) is 37.2 Å². The van der Waals surface area contributed by atoms with Crippen LogP contribution < -0.4 is 4.74 Å².